The first-order chi connectivity index (χ1) is 18.7. The molecule has 1 aliphatic carbocycles. The number of benzene rings is 2. The lowest BCUT2D eigenvalue weighted by Gasteiger charge is -2.34. The van der Waals surface area contributed by atoms with Crippen molar-refractivity contribution in [2.75, 3.05) is 5.32 Å². The fourth-order valence-corrected chi connectivity index (χ4v) is 7.20. The molecule has 3 fully saturated rings. The van der Waals surface area contributed by atoms with Crippen LogP contribution in [0.2, 0.25) is 10.0 Å². The quantitative estimate of drug-likeness (QED) is 0.474. The van der Waals surface area contributed by atoms with E-state index in [1.54, 1.807) is 30.0 Å². The van der Waals surface area contributed by atoms with E-state index in [1.807, 2.05) is 42.5 Å². The van der Waals surface area contributed by atoms with Crippen LogP contribution in [-0.4, -0.2) is 45.9 Å². The lowest BCUT2D eigenvalue weighted by molar-refractivity contribution is -0.145. The number of fused-ring (bicyclic) bond motifs is 1. The molecule has 5 atom stereocenters. The van der Waals surface area contributed by atoms with Crippen molar-refractivity contribution in [2.24, 2.45) is 11.8 Å². The summed E-state index contributed by atoms with van der Waals surface area (Å²) in [4.78, 5) is 43.6. The van der Waals surface area contributed by atoms with Crippen molar-refractivity contribution in [3.05, 3.63) is 76.3 Å². The SMILES string of the molecule is C[C@]12C=C[C@@]3(O1)[C@H](C(=O)NC1CCCCC1)N(Cc1ccccc1)C(=O)[C@H]3[C@@H]2C(=O)Nc1ccc(Cl)c(Cl)c1. The molecule has 2 aromatic carbocycles. The zero-order chi connectivity index (χ0) is 27.4. The average molecular weight is 569 g/mol. The van der Waals surface area contributed by atoms with Gasteiger partial charge in [0.25, 0.3) is 0 Å². The Morgan fingerprint density at radius 1 is 1.00 bits per heavy atom. The van der Waals surface area contributed by atoms with Gasteiger partial charge in [-0.2, -0.15) is 0 Å². The lowest BCUT2D eigenvalue weighted by atomic mass is 9.70. The highest BCUT2D eigenvalue weighted by Crippen LogP contribution is 2.60. The first kappa shape index (κ1) is 26.4. The summed E-state index contributed by atoms with van der Waals surface area (Å²) in [6.07, 6.45) is 8.83. The van der Waals surface area contributed by atoms with Gasteiger partial charge in [-0.3, -0.25) is 14.4 Å². The van der Waals surface area contributed by atoms with Crippen LogP contribution in [0, 0.1) is 11.8 Å². The maximum atomic E-state index is 14.2. The van der Waals surface area contributed by atoms with Gasteiger partial charge in [-0.1, -0.05) is 84.9 Å². The molecule has 3 aliphatic heterocycles. The Kier molecular flexibility index (Phi) is 6.72. The van der Waals surface area contributed by atoms with E-state index >= 15 is 0 Å². The summed E-state index contributed by atoms with van der Waals surface area (Å²) in [5.41, 5.74) is -0.904. The van der Waals surface area contributed by atoms with Crippen molar-refractivity contribution in [2.45, 2.75) is 68.9 Å². The highest BCUT2D eigenvalue weighted by molar-refractivity contribution is 6.42. The largest absolute Gasteiger partial charge is 0.356 e. The van der Waals surface area contributed by atoms with E-state index in [-0.39, 0.29) is 30.3 Å². The molecular weight excluding hydrogens is 537 g/mol. The van der Waals surface area contributed by atoms with Gasteiger partial charge in [0.1, 0.15) is 11.6 Å². The minimum atomic E-state index is -1.24. The van der Waals surface area contributed by atoms with Gasteiger partial charge in [0.15, 0.2) is 0 Å². The maximum Gasteiger partial charge on any atom is 0.246 e. The number of carbonyl (C=O) groups excluding carboxylic acids is 3. The Balaban J connectivity index is 1.35. The summed E-state index contributed by atoms with van der Waals surface area (Å²) in [7, 11) is 0. The van der Waals surface area contributed by atoms with Crippen LogP contribution < -0.4 is 10.6 Å². The Morgan fingerprint density at radius 3 is 2.46 bits per heavy atom. The van der Waals surface area contributed by atoms with Crippen molar-refractivity contribution >= 4 is 46.6 Å². The number of hydrogen-bond donors (Lipinski definition) is 2. The van der Waals surface area contributed by atoms with Crippen LogP contribution in [0.25, 0.3) is 0 Å². The maximum absolute atomic E-state index is 14.2. The predicted molar refractivity (Wildman–Crippen MR) is 149 cm³/mol. The predicted octanol–water partition coefficient (Wildman–Crippen LogP) is 5.12. The van der Waals surface area contributed by atoms with Gasteiger partial charge in [-0.05, 0) is 43.5 Å². The van der Waals surface area contributed by atoms with E-state index in [0.717, 1.165) is 31.2 Å². The van der Waals surface area contributed by atoms with Gasteiger partial charge < -0.3 is 20.3 Å². The Hall–Kier alpha value is -2.87. The molecule has 3 heterocycles. The number of ether oxygens (including phenoxy) is 1. The molecule has 1 spiro atoms. The average Bonchev–Trinajstić information content (AvgIpc) is 3.48. The molecule has 2 bridgehead atoms. The number of nitrogens with one attached hydrogen (secondary N) is 2. The van der Waals surface area contributed by atoms with Gasteiger partial charge in [-0.25, -0.2) is 0 Å². The van der Waals surface area contributed by atoms with Crippen LogP contribution in [0.4, 0.5) is 5.69 Å². The third-order valence-corrected chi connectivity index (χ3v) is 9.40. The second-order valence-corrected chi connectivity index (χ2v) is 12.1. The fraction of sp³-hybridized carbons (Fsp3) is 0.433. The van der Waals surface area contributed by atoms with Crippen LogP contribution in [0.5, 0.6) is 0 Å². The van der Waals surface area contributed by atoms with Crippen molar-refractivity contribution in [3.63, 3.8) is 0 Å². The van der Waals surface area contributed by atoms with Crippen LogP contribution in [0.3, 0.4) is 0 Å². The Bertz CT molecular complexity index is 1340. The van der Waals surface area contributed by atoms with Crippen molar-refractivity contribution in [1.82, 2.24) is 10.2 Å². The standard InChI is InChI=1S/C30H31Cl2N3O4/c1-29-14-15-30(39-29)24(23(29)26(36)34-20-12-13-21(31)22(32)16-20)28(38)35(17-18-8-4-2-5-9-18)25(30)27(37)33-19-10-6-3-7-11-19/h2,4-5,8-9,12-16,19,23-25H,3,6-7,10-11,17H2,1H3,(H,33,37)(H,34,36)/t23-,24-,25+,29-,30+/m1/s1. The second kappa shape index (κ2) is 9.95. The first-order valence-corrected chi connectivity index (χ1v) is 14.3. The topological polar surface area (TPSA) is 87.7 Å². The van der Waals surface area contributed by atoms with Gasteiger partial charge in [0.05, 0.1) is 27.5 Å². The van der Waals surface area contributed by atoms with Gasteiger partial charge in [-0.15, -0.1) is 0 Å². The molecule has 0 unspecified atom stereocenters. The van der Waals surface area contributed by atoms with E-state index in [2.05, 4.69) is 10.6 Å². The molecule has 4 aliphatic rings. The van der Waals surface area contributed by atoms with Crippen LogP contribution in [0.15, 0.2) is 60.7 Å². The number of amides is 3. The molecule has 0 radical (unpaired) electrons. The number of nitrogens with zero attached hydrogens (tertiary/aromatic N) is 1. The monoisotopic (exact) mass is 567 g/mol. The molecule has 9 heteroatoms. The van der Waals surface area contributed by atoms with Crippen molar-refractivity contribution in [3.8, 4) is 0 Å². The second-order valence-electron chi connectivity index (χ2n) is 11.2. The zero-order valence-corrected chi connectivity index (χ0v) is 23.2. The van der Waals surface area contributed by atoms with E-state index in [4.69, 9.17) is 27.9 Å². The van der Waals surface area contributed by atoms with Crippen LogP contribution in [0.1, 0.15) is 44.6 Å². The molecule has 2 aromatic rings. The normalized spacial score (nSPS) is 31.4. The summed E-state index contributed by atoms with van der Waals surface area (Å²) in [6, 6.07) is 13.6. The number of likely N-dealkylation sites (tertiary alicyclic amines) is 1. The number of rotatable bonds is 6. The van der Waals surface area contributed by atoms with Crippen LogP contribution in [-0.2, 0) is 25.7 Å². The third-order valence-electron chi connectivity index (χ3n) is 8.66. The molecule has 204 valence electrons. The van der Waals surface area contributed by atoms with Crippen molar-refractivity contribution < 1.29 is 19.1 Å². The molecule has 2 N–H and O–H groups in total. The highest BCUT2D eigenvalue weighted by atomic mass is 35.5. The summed E-state index contributed by atoms with van der Waals surface area (Å²) in [5.74, 6) is -2.54. The van der Waals surface area contributed by atoms with E-state index in [0.29, 0.717) is 15.7 Å². The Labute approximate surface area is 237 Å². The number of anilines is 1. The molecule has 6 rings (SSSR count). The van der Waals surface area contributed by atoms with Crippen molar-refractivity contribution in [1.29, 1.82) is 0 Å². The molecule has 1 saturated carbocycles. The van der Waals surface area contributed by atoms with Crippen LogP contribution >= 0.6 is 23.2 Å². The Morgan fingerprint density at radius 2 is 1.74 bits per heavy atom. The molecular formula is C30H31Cl2N3O4. The number of halogens is 2. The van der Waals surface area contributed by atoms with E-state index < -0.39 is 29.1 Å². The molecule has 7 nitrogen and oxygen atoms in total. The molecule has 39 heavy (non-hydrogen) atoms. The highest BCUT2D eigenvalue weighted by Gasteiger charge is 2.76. The molecule has 0 aromatic heterocycles. The lowest BCUT2D eigenvalue weighted by Crippen LogP contribution is -2.56. The van der Waals surface area contributed by atoms with E-state index in [1.165, 1.54) is 6.42 Å². The first-order valence-electron chi connectivity index (χ1n) is 13.5. The fourth-order valence-electron chi connectivity index (χ4n) is 6.90. The molecule has 2 saturated heterocycles. The van der Waals surface area contributed by atoms with Gasteiger partial charge in [0.2, 0.25) is 17.7 Å². The van der Waals surface area contributed by atoms with Gasteiger partial charge >= 0.3 is 0 Å². The summed E-state index contributed by atoms with van der Waals surface area (Å²) in [6.45, 7) is 2.05. The summed E-state index contributed by atoms with van der Waals surface area (Å²) >= 11 is 12.2. The minimum Gasteiger partial charge on any atom is -0.356 e. The van der Waals surface area contributed by atoms with Gasteiger partial charge in [0, 0.05) is 18.3 Å². The summed E-state index contributed by atoms with van der Waals surface area (Å²) < 4.78 is 6.60. The zero-order valence-electron chi connectivity index (χ0n) is 21.7. The third kappa shape index (κ3) is 4.45. The minimum absolute atomic E-state index is 0.0716. The van der Waals surface area contributed by atoms with E-state index in [9.17, 15) is 14.4 Å². The smallest absolute Gasteiger partial charge is 0.246 e. The summed E-state index contributed by atoms with van der Waals surface area (Å²) in [5, 5.41) is 6.81. The number of carbonyl (C=O) groups is 3. The molecule has 3 amide bonds. The number of hydrogen-bond acceptors (Lipinski definition) is 4.